The maximum atomic E-state index is 3.52. The predicted octanol–water partition coefficient (Wildman–Crippen LogP) is 3.00. The fourth-order valence-corrected chi connectivity index (χ4v) is 2.37. The lowest BCUT2D eigenvalue weighted by molar-refractivity contribution is 0.687. The molecular formula is C17H25N3. The smallest absolute Gasteiger partial charge is 0.0361 e. The molecule has 0 unspecified atom stereocenters. The Morgan fingerprint density at radius 2 is 1.70 bits per heavy atom. The average molecular weight is 271 g/mol. The first-order valence-electron chi connectivity index (χ1n) is 7.08. The van der Waals surface area contributed by atoms with Gasteiger partial charge in [-0.1, -0.05) is 12.1 Å². The third-order valence-electron chi connectivity index (χ3n) is 3.98. The summed E-state index contributed by atoms with van der Waals surface area (Å²) in [5, 5.41) is 3.52. The number of hydrogen-bond donors (Lipinski definition) is 1. The SMILES string of the molecule is Cc1cc(CNCc2ccc(N(C)C)cc2)c(C)n1C. The highest BCUT2D eigenvalue weighted by molar-refractivity contribution is 5.45. The lowest BCUT2D eigenvalue weighted by atomic mass is 10.2. The molecule has 0 saturated carbocycles. The van der Waals surface area contributed by atoms with Crippen molar-refractivity contribution in [3.63, 3.8) is 0 Å². The number of aryl methyl sites for hydroxylation is 1. The molecule has 1 N–H and O–H groups in total. The molecule has 0 atom stereocenters. The number of rotatable bonds is 5. The minimum absolute atomic E-state index is 0.904. The number of anilines is 1. The first kappa shape index (κ1) is 14.7. The van der Waals surface area contributed by atoms with Crippen molar-refractivity contribution in [2.45, 2.75) is 26.9 Å². The summed E-state index contributed by atoms with van der Waals surface area (Å²) in [7, 11) is 6.25. The highest BCUT2D eigenvalue weighted by atomic mass is 15.1. The van der Waals surface area contributed by atoms with Crippen LogP contribution in [0.3, 0.4) is 0 Å². The fraction of sp³-hybridized carbons (Fsp3) is 0.412. The number of hydrogen-bond acceptors (Lipinski definition) is 2. The van der Waals surface area contributed by atoms with Gasteiger partial charge in [0.1, 0.15) is 0 Å². The molecule has 1 aromatic carbocycles. The third kappa shape index (κ3) is 3.23. The quantitative estimate of drug-likeness (QED) is 0.902. The van der Waals surface area contributed by atoms with Crippen molar-refractivity contribution >= 4 is 5.69 Å². The van der Waals surface area contributed by atoms with Gasteiger partial charge in [0, 0.05) is 51.3 Å². The summed E-state index contributed by atoms with van der Waals surface area (Å²) in [6.07, 6.45) is 0. The van der Waals surface area contributed by atoms with Crippen LogP contribution in [-0.2, 0) is 20.1 Å². The first-order chi connectivity index (χ1) is 9.49. The second-order valence-electron chi connectivity index (χ2n) is 5.62. The molecule has 1 heterocycles. The Morgan fingerprint density at radius 1 is 1.05 bits per heavy atom. The molecule has 20 heavy (non-hydrogen) atoms. The van der Waals surface area contributed by atoms with E-state index in [0.717, 1.165) is 13.1 Å². The van der Waals surface area contributed by atoms with Crippen LogP contribution >= 0.6 is 0 Å². The molecule has 2 rings (SSSR count). The average Bonchev–Trinajstić information content (AvgIpc) is 2.67. The van der Waals surface area contributed by atoms with Crippen LogP contribution < -0.4 is 10.2 Å². The van der Waals surface area contributed by atoms with Crippen LogP contribution in [0.4, 0.5) is 5.69 Å². The standard InChI is InChI=1S/C17H25N3/c1-13-10-16(14(2)20(13)5)12-18-11-15-6-8-17(9-7-15)19(3)4/h6-10,18H,11-12H2,1-5H3. The van der Waals surface area contributed by atoms with E-state index >= 15 is 0 Å². The van der Waals surface area contributed by atoms with Gasteiger partial charge < -0.3 is 14.8 Å². The highest BCUT2D eigenvalue weighted by Gasteiger charge is 2.05. The molecule has 0 radical (unpaired) electrons. The Hall–Kier alpha value is -1.74. The van der Waals surface area contributed by atoms with E-state index in [1.807, 2.05) is 0 Å². The summed E-state index contributed by atoms with van der Waals surface area (Å²) in [6, 6.07) is 11.0. The zero-order valence-electron chi connectivity index (χ0n) is 13.2. The summed E-state index contributed by atoms with van der Waals surface area (Å²) < 4.78 is 2.24. The Morgan fingerprint density at radius 3 is 2.20 bits per heavy atom. The van der Waals surface area contributed by atoms with Crippen LogP contribution in [-0.4, -0.2) is 18.7 Å². The number of nitrogens with one attached hydrogen (secondary N) is 1. The minimum Gasteiger partial charge on any atom is -0.378 e. The van der Waals surface area contributed by atoms with E-state index in [4.69, 9.17) is 0 Å². The van der Waals surface area contributed by atoms with E-state index in [-0.39, 0.29) is 0 Å². The summed E-state index contributed by atoms with van der Waals surface area (Å²) in [6.45, 7) is 6.15. The topological polar surface area (TPSA) is 20.2 Å². The van der Waals surface area contributed by atoms with Crippen molar-refractivity contribution in [3.05, 3.63) is 52.8 Å². The van der Waals surface area contributed by atoms with Crippen molar-refractivity contribution in [2.24, 2.45) is 7.05 Å². The lowest BCUT2D eigenvalue weighted by Gasteiger charge is -2.13. The maximum absolute atomic E-state index is 3.52. The molecule has 0 aliphatic rings. The monoisotopic (exact) mass is 271 g/mol. The van der Waals surface area contributed by atoms with Gasteiger partial charge in [-0.2, -0.15) is 0 Å². The molecule has 0 saturated heterocycles. The van der Waals surface area contributed by atoms with Crippen LogP contribution in [0, 0.1) is 13.8 Å². The Kier molecular flexibility index (Phi) is 4.50. The van der Waals surface area contributed by atoms with Gasteiger partial charge in [0.25, 0.3) is 0 Å². The van der Waals surface area contributed by atoms with E-state index in [1.54, 1.807) is 0 Å². The lowest BCUT2D eigenvalue weighted by Crippen LogP contribution is -2.13. The summed E-state index contributed by atoms with van der Waals surface area (Å²) >= 11 is 0. The van der Waals surface area contributed by atoms with Crippen molar-refractivity contribution in [2.75, 3.05) is 19.0 Å². The normalized spacial score (nSPS) is 10.8. The Bertz CT molecular complexity index is 565. The van der Waals surface area contributed by atoms with Crippen LogP contribution in [0.15, 0.2) is 30.3 Å². The predicted molar refractivity (Wildman–Crippen MR) is 86.2 cm³/mol. The van der Waals surface area contributed by atoms with E-state index in [0.29, 0.717) is 0 Å². The number of benzene rings is 1. The molecular weight excluding hydrogens is 246 g/mol. The van der Waals surface area contributed by atoms with Crippen LogP contribution in [0.5, 0.6) is 0 Å². The number of nitrogens with zero attached hydrogens (tertiary/aromatic N) is 2. The van der Waals surface area contributed by atoms with Crippen LogP contribution in [0.1, 0.15) is 22.5 Å². The summed E-state index contributed by atoms with van der Waals surface area (Å²) in [5.41, 5.74) is 6.60. The van der Waals surface area contributed by atoms with Gasteiger partial charge >= 0.3 is 0 Å². The maximum Gasteiger partial charge on any atom is 0.0361 e. The van der Waals surface area contributed by atoms with Gasteiger partial charge in [0.05, 0.1) is 0 Å². The van der Waals surface area contributed by atoms with Gasteiger partial charge in [0.2, 0.25) is 0 Å². The zero-order chi connectivity index (χ0) is 14.7. The molecule has 0 amide bonds. The summed E-state index contributed by atoms with van der Waals surface area (Å²) in [4.78, 5) is 2.12. The van der Waals surface area contributed by atoms with Crippen LogP contribution in [0.2, 0.25) is 0 Å². The fourth-order valence-electron chi connectivity index (χ4n) is 2.37. The van der Waals surface area contributed by atoms with E-state index < -0.39 is 0 Å². The van der Waals surface area contributed by atoms with Gasteiger partial charge in [-0.15, -0.1) is 0 Å². The van der Waals surface area contributed by atoms with E-state index in [2.05, 4.69) is 80.1 Å². The van der Waals surface area contributed by atoms with Gasteiger partial charge in [-0.05, 0) is 43.2 Å². The van der Waals surface area contributed by atoms with Gasteiger partial charge in [-0.25, -0.2) is 0 Å². The second kappa shape index (κ2) is 6.14. The summed E-state index contributed by atoms with van der Waals surface area (Å²) in [5.74, 6) is 0. The molecule has 3 nitrogen and oxygen atoms in total. The molecule has 1 aromatic heterocycles. The third-order valence-corrected chi connectivity index (χ3v) is 3.98. The first-order valence-corrected chi connectivity index (χ1v) is 7.08. The zero-order valence-corrected chi connectivity index (χ0v) is 13.2. The van der Waals surface area contributed by atoms with E-state index in [9.17, 15) is 0 Å². The highest BCUT2D eigenvalue weighted by Crippen LogP contribution is 2.14. The molecule has 0 aliphatic carbocycles. The molecule has 0 fully saturated rings. The van der Waals surface area contributed by atoms with Crippen molar-refractivity contribution in [1.82, 2.24) is 9.88 Å². The Balaban J connectivity index is 1.91. The van der Waals surface area contributed by atoms with Gasteiger partial charge in [-0.3, -0.25) is 0 Å². The molecule has 108 valence electrons. The van der Waals surface area contributed by atoms with Gasteiger partial charge in [0.15, 0.2) is 0 Å². The Labute approximate surface area is 122 Å². The van der Waals surface area contributed by atoms with Crippen molar-refractivity contribution in [1.29, 1.82) is 0 Å². The van der Waals surface area contributed by atoms with Crippen LogP contribution in [0.25, 0.3) is 0 Å². The minimum atomic E-state index is 0.904. The van der Waals surface area contributed by atoms with Crippen molar-refractivity contribution < 1.29 is 0 Å². The van der Waals surface area contributed by atoms with E-state index in [1.165, 1.54) is 28.2 Å². The molecule has 0 bridgehead atoms. The van der Waals surface area contributed by atoms with Crippen molar-refractivity contribution in [3.8, 4) is 0 Å². The molecule has 0 spiro atoms. The number of aromatic nitrogens is 1. The second-order valence-corrected chi connectivity index (χ2v) is 5.62. The molecule has 0 aliphatic heterocycles. The molecule has 3 heteroatoms. The molecule has 2 aromatic rings. The largest absolute Gasteiger partial charge is 0.378 e.